The zero-order valence-electron chi connectivity index (χ0n) is 24.1. The van der Waals surface area contributed by atoms with E-state index in [0.29, 0.717) is 41.2 Å². The maximum absolute atomic E-state index is 16.1. The van der Waals surface area contributed by atoms with E-state index in [1.807, 2.05) is 32.6 Å². The Balaban J connectivity index is 1.67. The SMILES string of the molecule is C=CC(=O)N1CCN(c2nc(=O)n(-c3c(C)ccnc3C(C)C)c3nc(-c4c(F)ccc5ncsc45)c(F)cc23)[C@@H](C)C1. The quantitative estimate of drug-likeness (QED) is 0.249. The van der Waals surface area contributed by atoms with Crippen LogP contribution in [0.2, 0.25) is 0 Å². The Morgan fingerprint density at radius 2 is 1.93 bits per heavy atom. The van der Waals surface area contributed by atoms with Crippen molar-refractivity contribution < 1.29 is 13.6 Å². The lowest BCUT2D eigenvalue weighted by molar-refractivity contribution is -0.126. The van der Waals surface area contributed by atoms with Gasteiger partial charge in [0, 0.05) is 31.9 Å². The molecule has 220 valence electrons. The number of carbonyl (C=O) groups excluding carboxylic acids is 1. The molecule has 1 aliphatic rings. The summed E-state index contributed by atoms with van der Waals surface area (Å²) in [4.78, 5) is 47.8. The molecule has 0 aliphatic carbocycles. The Kier molecular flexibility index (Phi) is 7.25. The smallest absolute Gasteiger partial charge is 0.350 e. The lowest BCUT2D eigenvalue weighted by Gasteiger charge is -2.40. The highest BCUT2D eigenvalue weighted by Gasteiger charge is 2.31. The van der Waals surface area contributed by atoms with Gasteiger partial charge in [0.15, 0.2) is 11.5 Å². The summed E-state index contributed by atoms with van der Waals surface area (Å²) in [6.45, 7) is 12.3. The van der Waals surface area contributed by atoms with Crippen LogP contribution >= 0.6 is 11.3 Å². The van der Waals surface area contributed by atoms with Gasteiger partial charge in [-0.3, -0.25) is 9.78 Å². The van der Waals surface area contributed by atoms with Crippen LogP contribution in [0.15, 0.2) is 53.4 Å². The third-order valence-corrected chi connectivity index (χ3v) is 8.66. The highest BCUT2D eigenvalue weighted by molar-refractivity contribution is 7.17. The normalized spacial score (nSPS) is 15.6. The van der Waals surface area contributed by atoms with Crippen LogP contribution < -0.4 is 10.6 Å². The Hall–Kier alpha value is -4.58. The summed E-state index contributed by atoms with van der Waals surface area (Å²) in [5, 5.41) is 0.283. The number of anilines is 1. The van der Waals surface area contributed by atoms with Gasteiger partial charge in [0.2, 0.25) is 5.91 Å². The van der Waals surface area contributed by atoms with E-state index in [9.17, 15) is 9.59 Å². The summed E-state index contributed by atoms with van der Waals surface area (Å²) in [7, 11) is 0. The number of aryl methyl sites for hydroxylation is 1. The number of nitrogens with zero attached hydrogens (tertiary/aromatic N) is 7. The van der Waals surface area contributed by atoms with Crippen LogP contribution in [0, 0.1) is 18.6 Å². The topological polar surface area (TPSA) is 97.1 Å². The molecule has 1 atom stereocenters. The number of hydrogen-bond acceptors (Lipinski definition) is 8. The second-order valence-corrected chi connectivity index (χ2v) is 11.8. The van der Waals surface area contributed by atoms with Gasteiger partial charge in [0.1, 0.15) is 17.3 Å². The van der Waals surface area contributed by atoms with Crippen molar-refractivity contribution in [3.63, 3.8) is 0 Å². The van der Waals surface area contributed by atoms with Gasteiger partial charge in [-0.25, -0.2) is 28.1 Å². The fraction of sp³-hybridized carbons (Fsp3) is 0.290. The number of benzene rings is 1. The van der Waals surface area contributed by atoms with E-state index in [1.165, 1.54) is 40.2 Å². The summed E-state index contributed by atoms with van der Waals surface area (Å²) in [5.41, 5.74) is 3.23. The Morgan fingerprint density at radius 1 is 1.14 bits per heavy atom. The van der Waals surface area contributed by atoms with Crippen molar-refractivity contribution in [2.75, 3.05) is 24.5 Å². The van der Waals surface area contributed by atoms with Crippen LogP contribution in [0.4, 0.5) is 14.6 Å². The first kappa shape index (κ1) is 28.5. The average molecular weight is 602 g/mol. The number of fused-ring (bicyclic) bond motifs is 2. The third-order valence-electron chi connectivity index (χ3n) is 7.80. The molecular formula is C31H29F2N7O2S. The Bertz CT molecular complexity index is 1990. The molecule has 0 spiro atoms. The maximum atomic E-state index is 16.1. The van der Waals surface area contributed by atoms with E-state index in [0.717, 1.165) is 5.56 Å². The fourth-order valence-corrected chi connectivity index (χ4v) is 6.54. The minimum atomic E-state index is -0.763. The standard InChI is InChI=1S/C31H29F2N7O2S/c1-6-23(41)38-11-12-39(18(5)14-38)29-19-13-21(33)26(24-20(32)7-8-22-28(24)43-15-35-22)36-30(19)40(31(42)37-29)27-17(4)9-10-34-25(27)16(2)3/h6-10,13,15-16,18H,1,11-12,14H2,2-5H3/t18-/m0/s1. The molecule has 0 unspecified atom stereocenters. The van der Waals surface area contributed by atoms with E-state index >= 15 is 8.78 Å². The van der Waals surface area contributed by atoms with Crippen molar-refractivity contribution >= 4 is 44.3 Å². The molecule has 0 saturated carbocycles. The molecule has 0 bridgehead atoms. The zero-order chi connectivity index (χ0) is 30.6. The molecule has 6 rings (SSSR count). The van der Waals surface area contributed by atoms with Crippen LogP contribution in [0.5, 0.6) is 0 Å². The Labute approximate surface area is 250 Å². The van der Waals surface area contributed by atoms with Gasteiger partial charge < -0.3 is 9.80 Å². The second-order valence-electron chi connectivity index (χ2n) is 10.9. The van der Waals surface area contributed by atoms with Crippen LogP contribution in [0.3, 0.4) is 0 Å². The summed E-state index contributed by atoms with van der Waals surface area (Å²) < 4.78 is 33.3. The largest absolute Gasteiger partial charge is 0.355 e. The van der Waals surface area contributed by atoms with Crippen molar-refractivity contribution in [1.82, 2.24) is 29.4 Å². The summed E-state index contributed by atoms with van der Waals surface area (Å²) in [6.07, 6.45) is 2.94. The highest BCUT2D eigenvalue weighted by Crippen LogP contribution is 2.37. The predicted molar refractivity (Wildman–Crippen MR) is 164 cm³/mol. The molecule has 9 nitrogen and oxygen atoms in total. The van der Waals surface area contributed by atoms with Crippen LogP contribution in [0.1, 0.15) is 37.9 Å². The molecule has 1 fully saturated rings. The zero-order valence-corrected chi connectivity index (χ0v) is 25.0. The van der Waals surface area contributed by atoms with Crippen LogP contribution in [-0.4, -0.2) is 61.0 Å². The van der Waals surface area contributed by atoms with Gasteiger partial charge in [0.05, 0.1) is 38.1 Å². The van der Waals surface area contributed by atoms with Crippen molar-refractivity contribution in [2.24, 2.45) is 0 Å². The minimum absolute atomic E-state index is 0.0197. The number of halogens is 2. The molecule has 1 amide bonds. The van der Waals surface area contributed by atoms with Gasteiger partial charge in [0.25, 0.3) is 0 Å². The first-order valence-corrected chi connectivity index (χ1v) is 14.8. The van der Waals surface area contributed by atoms with Crippen molar-refractivity contribution in [3.8, 4) is 16.9 Å². The number of hydrogen-bond donors (Lipinski definition) is 0. The number of rotatable bonds is 5. The summed E-state index contributed by atoms with van der Waals surface area (Å²) in [6, 6.07) is 5.58. The fourth-order valence-electron chi connectivity index (χ4n) is 5.71. The Morgan fingerprint density at radius 3 is 2.65 bits per heavy atom. The van der Waals surface area contributed by atoms with E-state index in [-0.39, 0.29) is 46.0 Å². The van der Waals surface area contributed by atoms with Gasteiger partial charge in [-0.05, 0) is 55.7 Å². The number of thiazole rings is 1. The molecule has 1 aromatic carbocycles. The first-order chi connectivity index (χ1) is 20.6. The van der Waals surface area contributed by atoms with Gasteiger partial charge in [-0.15, -0.1) is 11.3 Å². The van der Waals surface area contributed by atoms with Gasteiger partial charge in [-0.2, -0.15) is 4.98 Å². The molecule has 43 heavy (non-hydrogen) atoms. The van der Waals surface area contributed by atoms with Gasteiger partial charge in [-0.1, -0.05) is 20.4 Å². The number of carbonyl (C=O) groups is 1. The van der Waals surface area contributed by atoms with E-state index in [2.05, 4.69) is 21.5 Å². The van der Waals surface area contributed by atoms with Crippen molar-refractivity contribution in [3.05, 3.63) is 82.0 Å². The molecule has 1 aliphatic heterocycles. The molecule has 0 radical (unpaired) electrons. The van der Waals surface area contributed by atoms with Crippen LogP contribution in [-0.2, 0) is 4.79 Å². The lowest BCUT2D eigenvalue weighted by atomic mass is 10.0. The van der Waals surface area contributed by atoms with Gasteiger partial charge >= 0.3 is 5.69 Å². The first-order valence-electron chi connectivity index (χ1n) is 13.9. The van der Waals surface area contributed by atoms with E-state index < -0.39 is 17.3 Å². The molecule has 5 heterocycles. The molecule has 0 N–H and O–H groups in total. The number of aromatic nitrogens is 5. The highest BCUT2D eigenvalue weighted by atomic mass is 32.1. The maximum Gasteiger partial charge on any atom is 0.355 e. The summed E-state index contributed by atoms with van der Waals surface area (Å²) in [5.74, 6) is -1.42. The lowest BCUT2D eigenvalue weighted by Crippen LogP contribution is -2.54. The molecule has 12 heteroatoms. The average Bonchev–Trinajstić information content (AvgIpc) is 3.46. The molecule has 1 saturated heterocycles. The van der Waals surface area contributed by atoms with Crippen LogP contribution in [0.25, 0.3) is 38.2 Å². The third kappa shape index (κ3) is 4.75. The molecule has 4 aromatic heterocycles. The second kappa shape index (κ2) is 10.9. The molecular weight excluding hydrogens is 572 g/mol. The van der Waals surface area contributed by atoms with E-state index in [4.69, 9.17) is 4.98 Å². The number of piperazine rings is 1. The molecule has 5 aromatic rings. The van der Waals surface area contributed by atoms with Crippen molar-refractivity contribution in [2.45, 2.75) is 39.7 Å². The summed E-state index contributed by atoms with van der Waals surface area (Å²) >= 11 is 1.18. The minimum Gasteiger partial charge on any atom is -0.350 e. The van der Waals surface area contributed by atoms with Crippen molar-refractivity contribution in [1.29, 1.82) is 0 Å². The van der Waals surface area contributed by atoms with E-state index in [1.54, 1.807) is 22.7 Å². The monoisotopic (exact) mass is 601 g/mol. The number of amides is 1. The predicted octanol–water partition coefficient (Wildman–Crippen LogP) is 5.39. The number of pyridine rings is 2.